The van der Waals surface area contributed by atoms with Crippen LogP contribution >= 0.6 is 0 Å². The zero-order valence-corrected chi connectivity index (χ0v) is 16.9. The van der Waals surface area contributed by atoms with Gasteiger partial charge in [0, 0.05) is 50.2 Å². The Bertz CT molecular complexity index is 1060. The molecule has 0 spiro atoms. The lowest BCUT2D eigenvalue weighted by Gasteiger charge is -2.17. The highest BCUT2D eigenvalue weighted by atomic mass is 19.1. The molecule has 6 heteroatoms. The number of nitrogens with zero attached hydrogens (tertiary/aromatic N) is 1. The standard InChI is InChI=1S/C21H19FN2O3.C2H6.H2/c1-26-21(12-27-21)14-4-2-13(3-5-14)11-24-17-7-6-15(22)10-16(17)19-18(24)8-9-23-20(19)25;1-2;/h2-7,10H,8-9,11-12H2,1H3,(H,23,25);1-2H3;1H. The van der Waals surface area contributed by atoms with Crippen molar-refractivity contribution in [3.8, 4) is 0 Å². The van der Waals surface area contributed by atoms with E-state index >= 15 is 0 Å². The number of hydrogen-bond acceptors (Lipinski definition) is 3. The van der Waals surface area contributed by atoms with Gasteiger partial charge in [-0.3, -0.25) is 4.79 Å². The number of halogens is 1. The summed E-state index contributed by atoms with van der Waals surface area (Å²) >= 11 is 0. The molecule has 2 aliphatic rings. The summed E-state index contributed by atoms with van der Waals surface area (Å²) in [5.74, 6) is -1.05. The monoisotopic (exact) mass is 398 g/mol. The van der Waals surface area contributed by atoms with Crippen LogP contribution in [0.5, 0.6) is 0 Å². The van der Waals surface area contributed by atoms with Crippen molar-refractivity contribution in [3.05, 3.63) is 70.7 Å². The number of aromatic nitrogens is 1. The predicted octanol–water partition coefficient (Wildman–Crippen LogP) is 4.22. The van der Waals surface area contributed by atoms with Crippen molar-refractivity contribution in [2.45, 2.75) is 32.6 Å². The van der Waals surface area contributed by atoms with Gasteiger partial charge in [-0.25, -0.2) is 4.39 Å². The Balaban J connectivity index is 0.000000830. The number of ether oxygens (including phenoxy) is 2. The Morgan fingerprint density at radius 3 is 2.62 bits per heavy atom. The van der Waals surface area contributed by atoms with Gasteiger partial charge in [0.05, 0.1) is 5.56 Å². The average molecular weight is 398 g/mol. The number of carbonyl (C=O) groups is 1. The molecule has 1 saturated heterocycles. The number of nitrogens with one attached hydrogen (secondary N) is 1. The second kappa shape index (κ2) is 7.61. The number of methoxy groups -OCH3 is 1. The quantitative estimate of drug-likeness (QED) is 0.670. The number of amides is 1. The molecule has 29 heavy (non-hydrogen) atoms. The van der Waals surface area contributed by atoms with E-state index in [9.17, 15) is 9.18 Å². The molecule has 3 aromatic rings. The van der Waals surface area contributed by atoms with E-state index in [1.807, 2.05) is 38.1 Å². The number of epoxide rings is 1. The fourth-order valence-electron chi connectivity index (χ4n) is 3.97. The lowest BCUT2D eigenvalue weighted by atomic mass is 10.1. The molecule has 5 rings (SSSR count). The van der Waals surface area contributed by atoms with E-state index in [0.717, 1.165) is 28.8 Å². The lowest BCUT2D eigenvalue weighted by molar-refractivity contribution is -0.0138. The summed E-state index contributed by atoms with van der Waals surface area (Å²) in [4.78, 5) is 12.4. The molecule has 0 saturated carbocycles. The summed E-state index contributed by atoms with van der Waals surface area (Å²) < 4.78 is 26.8. The fourth-order valence-corrected chi connectivity index (χ4v) is 3.97. The topological polar surface area (TPSA) is 55.8 Å². The van der Waals surface area contributed by atoms with E-state index in [1.165, 1.54) is 12.1 Å². The molecule has 1 N–H and O–H groups in total. The van der Waals surface area contributed by atoms with Gasteiger partial charge >= 0.3 is 0 Å². The van der Waals surface area contributed by atoms with Gasteiger partial charge in [-0.15, -0.1) is 0 Å². The molecule has 2 aromatic carbocycles. The molecule has 154 valence electrons. The molecule has 1 unspecified atom stereocenters. The molecule has 1 fully saturated rings. The van der Waals surface area contributed by atoms with Gasteiger partial charge in [-0.1, -0.05) is 38.1 Å². The maximum atomic E-state index is 13.8. The van der Waals surface area contributed by atoms with Crippen molar-refractivity contribution in [2.75, 3.05) is 20.3 Å². The molecule has 2 aliphatic heterocycles. The summed E-state index contributed by atoms with van der Waals surface area (Å²) in [6.45, 7) is 5.78. The molecule has 0 aliphatic carbocycles. The van der Waals surface area contributed by atoms with Crippen LogP contribution in [0.2, 0.25) is 0 Å². The molecule has 3 heterocycles. The van der Waals surface area contributed by atoms with Crippen molar-refractivity contribution in [1.29, 1.82) is 0 Å². The van der Waals surface area contributed by atoms with E-state index in [0.29, 0.717) is 30.6 Å². The lowest BCUT2D eigenvalue weighted by Crippen LogP contribution is -2.32. The zero-order valence-electron chi connectivity index (χ0n) is 16.9. The summed E-state index contributed by atoms with van der Waals surface area (Å²) in [5.41, 5.74) is 4.52. The van der Waals surface area contributed by atoms with Crippen LogP contribution in [0.1, 0.15) is 42.5 Å². The largest absolute Gasteiger partial charge is 0.352 e. The maximum Gasteiger partial charge on any atom is 0.253 e. The first-order valence-corrected chi connectivity index (χ1v) is 9.99. The van der Waals surface area contributed by atoms with Crippen LogP contribution in [0.4, 0.5) is 4.39 Å². The molecule has 5 nitrogen and oxygen atoms in total. The van der Waals surface area contributed by atoms with E-state index in [-0.39, 0.29) is 13.2 Å². The van der Waals surface area contributed by atoms with Crippen molar-refractivity contribution >= 4 is 16.8 Å². The van der Waals surface area contributed by atoms with Crippen LogP contribution in [-0.4, -0.2) is 30.7 Å². The van der Waals surface area contributed by atoms with Gasteiger partial charge in [0.25, 0.3) is 5.91 Å². The minimum Gasteiger partial charge on any atom is -0.352 e. The van der Waals surface area contributed by atoms with Gasteiger partial charge in [0.15, 0.2) is 0 Å². The summed E-state index contributed by atoms with van der Waals surface area (Å²) in [6, 6.07) is 12.8. The third-order valence-electron chi connectivity index (χ3n) is 5.48. The van der Waals surface area contributed by atoms with Crippen LogP contribution in [0.25, 0.3) is 10.9 Å². The number of rotatable bonds is 4. The SMILES string of the molecule is CC.COC1(c2ccc(Cn3c4c(c5cc(F)ccc53)C(=O)NCC4)cc2)CO1.[HH]. The van der Waals surface area contributed by atoms with Crippen molar-refractivity contribution in [2.24, 2.45) is 0 Å². The molecule has 0 radical (unpaired) electrons. The van der Waals surface area contributed by atoms with Crippen LogP contribution < -0.4 is 5.32 Å². The van der Waals surface area contributed by atoms with E-state index in [1.54, 1.807) is 13.2 Å². The Hall–Kier alpha value is -2.70. The number of carbonyl (C=O) groups excluding carboxylic acids is 1. The van der Waals surface area contributed by atoms with Crippen LogP contribution in [0.15, 0.2) is 42.5 Å². The second-order valence-electron chi connectivity index (χ2n) is 7.02. The van der Waals surface area contributed by atoms with Gasteiger partial charge in [-0.2, -0.15) is 0 Å². The van der Waals surface area contributed by atoms with Gasteiger partial charge in [-0.05, 0) is 23.8 Å². The van der Waals surface area contributed by atoms with Crippen LogP contribution in [-0.2, 0) is 28.2 Å². The number of benzene rings is 2. The number of hydrogen-bond donors (Lipinski definition) is 1. The van der Waals surface area contributed by atoms with Crippen molar-refractivity contribution < 1.29 is 20.1 Å². The summed E-state index contributed by atoms with van der Waals surface area (Å²) in [5, 5.41) is 3.53. The molecule has 1 aromatic heterocycles. The fraction of sp³-hybridized carbons (Fsp3) is 0.348. The van der Waals surface area contributed by atoms with Crippen molar-refractivity contribution in [3.63, 3.8) is 0 Å². The summed E-state index contributed by atoms with van der Waals surface area (Å²) in [7, 11) is 1.64. The molecule has 0 bridgehead atoms. The van der Waals surface area contributed by atoms with Gasteiger partial charge < -0.3 is 19.4 Å². The maximum absolute atomic E-state index is 13.8. The number of fused-ring (bicyclic) bond motifs is 3. The Labute approximate surface area is 170 Å². The zero-order chi connectivity index (χ0) is 20.6. The minimum absolute atomic E-state index is 0. The van der Waals surface area contributed by atoms with Crippen LogP contribution in [0.3, 0.4) is 0 Å². The highest BCUT2D eigenvalue weighted by Crippen LogP contribution is 2.39. The Kier molecular flexibility index (Phi) is 5.15. The molecular weight excluding hydrogens is 371 g/mol. The van der Waals surface area contributed by atoms with Gasteiger partial charge in [0.1, 0.15) is 12.4 Å². The van der Waals surface area contributed by atoms with E-state index in [2.05, 4.69) is 9.88 Å². The smallest absolute Gasteiger partial charge is 0.253 e. The summed E-state index contributed by atoms with van der Waals surface area (Å²) in [6.07, 6.45) is 0.732. The van der Waals surface area contributed by atoms with Gasteiger partial charge in [0.2, 0.25) is 5.79 Å². The van der Waals surface area contributed by atoms with Crippen molar-refractivity contribution in [1.82, 2.24) is 9.88 Å². The average Bonchev–Trinajstić information content (AvgIpc) is 3.49. The second-order valence-corrected chi connectivity index (χ2v) is 7.02. The molecular formula is C23H27FN2O3. The predicted molar refractivity (Wildman–Crippen MR) is 112 cm³/mol. The molecule has 1 amide bonds. The Morgan fingerprint density at radius 2 is 1.97 bits per heavy atom. The Morgan fingerprint density at radius 1 is 1.24 bits per heavy atom. The highest BCUT2D eigenvalue weighted by Gasteiger charge is 2.47. The highest BCUT2D eigenvalue weighted by molar-refractivity contribution is 6.09. The first kappa shape index (κ1) is 19.6. The van der Waals surface area contributed by atoms with Crippen LogP contribution in [0, 0.1) is 5.82 Å². The van der Waals surface area contributed by atoms with E-state index in [4.69, 9.17) is 9.47 Å². The first-order chi connectivity index (χ1) is 14.1. The third kappa shape index (κ3) is 3.32. The minimum atomic E-state index is -0.590. The normalized spacial score (nSPS) is 19.9. The third-order valence-corrected chi connectivity index (χ3v) is 5.48. The van der Waals surface area contributed by atoms with E-state index < -0.39 is 5.79 Å². The first-order valence-electron chi connectivity index (χ1n) is 9.99. The molecule has 1 atom stereocenters.